The molecule has 0 bridgehead atoms. The van der Waals surface area contributed by atoms with Gasteiger partial charge in [0.2, 0.25) is 0 Å². The summed E-state index contributed by atoms with van der Waals surface area (Å²) in [6, 6.07) is 3.92. The SMILES string of the molecule is CC(C)(C)c1nc(-c2cc3c(-c4nc(C(N)C5CCNCC5(C)C)c5c(C6CC6)cncc5n4)ccnc3[nH]2)cs1. The van der Waals surface area contributed by atoms with Crippen LogP contribution in [0.25, 0.3) is 44.7 Å². The first-order valence-corrected chi connectivity index (χ1v) is 15.5. The number of nitrogens with zero attached hydrogens (tertiary/aromatic N) is 5. The van der Waals surface area contributed by atoms with Gasteiger partial charge in [-0.1, -0.05) is 34.6 Å². The van der Waals surface area contributed by atoms with E-state index < -0.39 is 0 Å². The highest BCUT2D eigenvalue weighted by atomic mass is 32.1. The molecule has 6 heterocycles. The van der Waals surface area contributed by atoms with E-state index in [1.807, 2.05) is 24.7 Å². The number of nitrogens with one attached hydrogen (secondary N) is 2. The molecule has 2 atom stereocenters. The Morgan fingerprint density at radius 3 is 2.66 bits per heavy atom. The molecule has 2 aliphatic rings. The lowest BCUT2D eigenvalue weighted by Crippen LogP contribution is -2.47. The van der Waals surface area contributed by atoms with Crippen LogP contribution in [0.5, 0.6) is 0 Å². The molecule has 0 amide bonds. The van der Waals surface area contributed by atoms with Crippen LogP contribution in [-0.2, 0) is 5.41 Å². The average molecular weight is 567 g/mol. The summed E-state index contributed by atoms with van der Waals surface area (Å²) in [7, 11) is 0. The zero-order valence-corrected chi connectivity index (χ0v) is 25.3. The van der Waals surface area contributed by atoms with Crippen LogP contribution in [0.4, 0.5) is 0 Å². The predicted octanol–water partition coefficient (Wildman–Crippen LogP) is 6.50. The Bertz CT molecular complexity index is 1760. The number of pyridine rings is 2. The molecule has 5 aromatic rings. The number of nitrogens with two attached hydrogens (primary N) is 1. The summed E-state index contributed by atoms with van der Waals surface area (Å²) in [5.74, 6) is 1.48. The van der Waals surface area contributed by atoms with E-state index in [1.54, 1.807) is 11.3 Å². The van der Waals surface area contributed by atoms with Gasteiger partial charge in [0.15, 0.2) is 5.82 Å². The Morgan fingerprint density at radius 1 is 1.10 bits per heavy atom. The predicted molar refractivity (Wildman–Crippen MR) is 166 cm³/mol. The monoisotopic (exact) mass is 566 g/mol. The highest BCUT2D eigenvalue weighted by molar-refractivity contribution is 7.10. The summed E-state index contributed by atoms with van der Waals surface area (Å²) in [6.07, 6.45) is 9.09. The molecule has 5 aromatic heterocycles. The Morgan fingerprint density at radius 2 is 1.93 bits per heavy atom. The summed E-state index contributed by atoms with van der Waals surface area (Å²) < 4.78 is 0. The van der Waals surface area contributed by atoms with Crippen LogP contribution in [-0.4, -0.2) is 43.0 Å². The quantitative estimate of drug-likeness (QED) is 0.222. The van der Waals surface area contributed by atoms with Crippen LogP contribution < -0.4 is 11.1 Å². The standard InChI is InChI=1S/C32H38N8S/c1-31(2,3)30-39-24(15-41-30)22-12-19-18(8-11-36-28(19)37-22)29-38-23-14-35-13-20(17-6-7-17)25(23)27(40-29)26(33)21-9-10-34-16-32(21,4)5/h8,11-15,17,21,26,34H,6-7,9-10,16,33H2,1-5H3,(H,36,37). The molecule has 8 nitrogen and oxygen atoms in total. The number of rotatable bonds is 5. The van der Waals surface area contributed by atoms with Crippen LogP contribution >= 0.6 is 11.3 Å². The highest BCUT2D eigenvalue weighted by Crippen LogP contribution is 2.46. The molecule has 0 spiro atoms. The van der Waals surface area contributed by atoms with Crippen molar-refractivity contribution < 1.29 is 0 Å². The van der Waals surface area contributed by atoms with Gasteiger partial charge in [-0.3, -0.25) is 4.98 Å². The third kappa shape index (κ3) is 4.73. The van der Waals surface area contributed by atoms with Crippen molar-refractivity contribution in [3.63, 3.8) is 0 Å². The van der Waals surface area contributed by atoms with E-state index >= 15 is 0 Å². The van der Waals surface area contributed by atoms with Crippen molar-refractivity contribution in [3.05, 3.63) is 52.4 Å². The molecule has 7 rings (SSSR count). The van der Waals surface area contributed by atoms with Gasteiger partial charge in [0.25, 0.3) is 0 Å². The first kappa shape index (κ1) is 26.6. The number of aromatic amines is 1. The van der Waals surface area contributed by atoms with Crippen molar-refractivity contribution in [2.45, 2.75) is 71.3 Å². The average Bonchev–Trinajstić information content (AvgIpc) is 3.47. The highest BCUT2D eigenvalue weighted by Gasteiger charge is 2.39. The van der Waals surface area contributed by atoms with Crippen molar-refractivity contribution in [3.8, 4) is 22.8 Å². The van der Waals surface area contributed by atoms with Gasteiger partial charge in [0, 0.05) is 46.1 Å². The van der Waals surface area contributed by atoms with Gasteiger partial charge in [0.1, 0.15) is 5.65 Å². The zero-order chi connectivity index (χ0) is 28.5. The second kappa shape index (κ2) is 9.64. The molecule has 2 fully saturated rings. The van der Waals surface area contributed by atoms with Crippen molar-refractivity contribution in [1.82, 2.24) is 35.2 Å². The number of thiazole rings is 1. The fourth-order valence-corrected chi connectivity index (χ4v) is 7.26. The summed E-state index contributed by atoms with van der Waals surface area (Å²) in [5.41, 5.74) is 13.9. The Hall–Kier alpha value is -3.27. The van der Waals surface area contributed by atoms with Gasteiger partial charge < -0.3 is 16.0 Å². The first-order chi connectivity index (χ1) is 19.6. The molecule has 4 N–H and O–H groups in total. The molecular weight excluding hydrogens is 528 g/mol. The lowest BCUT2D eigenvalue weighted by atomic mass is 9.70. The maximum atomic E-state index is 7.21. The molecule has 1 aliphatic carbocycles. The fourth-order valence-electron chi connectivity index (χ4n) is 6.35. The van der Waals surface area contributed by atoms with Gasteiger partial charge >= 0.3 is 0 Å². The van der Waals surface area contributed by atoms with E-state index in [9.17, 15) is 0 Å². The molecule has 1 saturated carbocycles. The Balaban J connectivity index is 1.39. The molecule has 1 aliphatic heterocycles. The second-order valence-corrected chi connectivity index (χ2v) is 14.4. The van der Waals surface area contributed by atoms with E-state index in [1.165, 1.54) is 18.4 Å². The molecule has 41 heavy (non-hydrogen) atoms. The lowest BCUT2D eigenvalue weighted by Gasteiger charge is -2.42. The van der Waals surface area contributed by atoms with Crippen LogP contribution in [0.15, 0.2) is 36.1 Å². The van der Waals surface area contributed by atoms with E-state index in [0.717, 1.165) is 69.1 Å². The maximum Gasteiger partial charge on any atom is 0.160 e. The molecule has 0 aromatic carbocycles. The van der Waals surface area contributed by atoms with Crippen LogP contribution in [0.1, 0.15) is 82.1 Å². The van der Waals surface area contributed by atoms with Gasteiger partial charge in [-0.05, 0) is 60.8 Å². The number of H-pyrrole nitrogens is 1. The fraction of sp³-hybridized carbons (Fsp3) is 0.469. The summed E-state index contributed by atoms with van der Waals surface area (Å²) in [4.78, 5) is 28.1. The van der Waals surface area contributed by atoms with Crippen LogP contribution in [0.2, 0.25) is 0 Å². The lowest BCUT2D eigenvalue weighted by molar-refractivity contribution is 0.128. The zero-order valence-electron chi connectivity index (χ0n) is 24.5. The smallest absolute Gasteiger partial charge is 0.160 e. The van der Waals surface area contributed by atoms with Crippen LogP contribution in [0, 0.1) is 11.3 Å². The van der Waals surface area contributed by atoms with Crippen LogP contribution in [0.3, 0.4) is 0 Å². The van der Waals surface area contributed by atoms with E-state index in [4.69, 9.17) is 20.7 Å². The van der Waals surface area contributed by atoms with Crippen molar-refractivity contribution in [1.29, 1.82) is 0 Å². The van der Waals surface area contributed by atoms with Gasteiger partial charge in [-0.2, -0.15) is 0 Å². The van der Waals surface area contributed by atoms with Gasteiger partial charge in [0.05, 0.1) is 39.8 Å². The second-order valence-electron chi connectivity index (χ2n) is 13.5. The summed E-state index contributed by atoms with van der Waals surface area (Å²) >= 11 is 1.69. The summed E-state index contributed by atoms with van der Waals surface area (Å²) in [5, 5.41) is 8.85. The van der Waals surface area contributed by atoms with E-state index in [-0.39, 0.29) is 16.9 Å². The van der Waals surface area contributed by atoms with Crippen molar-refractivity contribution >= 4 is 33.3 Å². The number of fused-ring (bicyclic) bond motifs is 2. The van der Waals surface area contributed by atoms with Crippen molar-refractivity contribution in [2.75, 3.05) is 13.1 Å². The Labute approximate surface area is 244 Å². The largest absolute Gasteiger partial charge is 0.338 e. The van der Waals surface area contributed by atoms with Gasteiger partial charge in [-0.25, -0.2) is 19.9 Å². The molecule has 1 saturated heterocycles. The summed E-state index contributed by atoms with van der Waals surface area (Å²) in [6.45, 7) is 13.1. The first-order valence-electron chi connectivity index (χ1n) is 14.7. The van der Waals surface area contributed by atoms with Gasteiger partial charge in [-0.15, -0.1) is 11.3 Å². The molecular formula is C32H38N8S. The Kier molecular flexibility index (Phi) is 6.26. The van der Waals surface area contributed by atoms with E-state index in [0.29, 0.717) is 17.7 Å². The minimum atomic E-state index is -0.207. The number of hydrogen-bond acceptors (Lipinski definition) is 8. The third-order valence-corrected chi connectivity index (χ3v) is 10.1. The molecule has 212 valence electrons. The number of hydrogen-bond donors (Lipinski definition) is 3. The normalized spacial score (nSPS) is 20.1. The molecule has 9 heteroatoms. The minimum absolute atomic E-state index is 0.00274. The molecule has 2 unspecified atom stereocenters. The third-order valence-electron chi connectivity index (χ3n) is 8.84. The minimum Gasteiger partial charge on any atom is -0.338 e. The number of piperidine rings is 1. The van der Waals surface area contributed by atoms with E-state index in [2.05, 4.69) is 66.3 Å². The van der Waals surface area contributed by atoms with Crippen molar-refractivity contribution in [2.24, 2.45) is 17.1 Å². The topological polar surface area (TPSA) is 118 Å². The maximum absolute atomic E-state index is 7.21. The number of aromatic nitrogens is 6. The molecule has 0 radical (unpaired) electrons.